The fourth-order valence-electron chi connectivity index (χ4n) is 2.07. The number of benzene rings is 1. The van der Waals surface area contributed by atoms with E-state index in [2.05, 4.69) is 15.3 Å². The van der Waals surface area contributed by atoms with Gasteiger partial charge < -0.3 is 10.3 Å². The summed E-state index contributed by atoms with van der Waals surface area (Å²) in [6, 6.07) is 9.00. The number of H-pyrrole nitrogens is 1. The summed E-state index contributed by atoms with van der Waals surface area (Å²) in [7, 11) is 0. The van der Waals surface area contributed by atoms with E-state index < -0.39 is 0 Å². The molecule has 1 aromatic carbocycles. The number of aryl methyl sites for hydroxylation is 1. The van der Waals surface area contributed by atoms with Crippen LogP contribution in [0.25, 0.3) is 11.0 Å². The summed E-state index contributed by atoms with van der Waals surface area (Å²) in [5, 5.41) is 4.17. The van der Waals surface area contributed by atoms with E-state index in [0.29, 0.717) is 16.3 Å². The molecule has 0 spiro atoms. The van der Waals surface area contributed by atoms with E-state index in [-0.39, 0.29) is 5.91 Å². The van der Waals surface area contributed by atoms with Crippen LogP contribution >= 0.6 is 11.6 Å². The Labute approximate surface area is 120 Å². The third kappa shape index (κ3) is 2.26. The molecule has 0 saturated carbocycles. The lowest BCUT2D eigenvalue weighted by Gasteiger charge is -2.08. The Kier molecular flexibility index (Phi) is 3.16. The Morgan fingerprint density at radius 1 is 1.30 bits per heavy atom. The number of nitrogens with zero attached hydrogens (tertiary/aromatic N) is 1. The molecule has 0 saturated heterocycles. The van der Waals surface area contributed by atoms with Crippen molar-refractivity contribution >= 4 is 34.2 Å². The molecule has 0 atom stereocenters. The molecular formula is C15H12ClN3O. The van der Waals surface area contributed by atoms with Crippen LogP contribution in [-0.2, 0) is 0 Å². The number of aromatic amines is 1. The lowest BCUT2D eigenvalue weighted by atomic mass is 10.1. The van der Waals surface area contributed by atoms with E-state index in [1.807, 2.05) is 19.1 Å². The fourth-order valence-corrected chi connectivity index (χ4v) is 2.28. The normalized spacial score (nSPS) is 10.7. The van der Waals surface area contributed by atoms with Crippen LogP contribution in [0, 0.1) is 6.92 Å². The molecule has 3 rings (SSSR count). The van der Waals surface area contributed by atoms with Crippen molar-refractivity contribution in [3.05, 3.63) is 58.9 Å². The highest BCUT2D eigenvalue weighted by atomic mass is 35.5. The van der Waals surface area contributed by atoms with Gasteiger partial charge in [0.05, 0.1) is 16.3 Å². The number of hydrogen-bond donors (Lipinski definition) is 2. The van der Waals surface area contributed by atoms with Gasteiger partial charge in [-0.05, 0) is 31.2 Å². The zero-order chi connectivity index (χ0) is 14.1. The van der Waals surface area contributed by atoms with Gasteiger partial charge in [0.2, 0.25) is 0 Å². The number of rotatable bonds is 2. The predicted octanol–water partition coefficient (Wildman–Crippen LogP) is 3.78. The van der Waals surface area contributed by atoms with Crippen molar-refractivity contribution in [1.29, 1.82) is 0 Å². The minimum Gasteiger partial charge on any atom is -0.346 e. The molecule has 20 heavy (non-hydrogen) atoms. The number of anilines is 1. The second-order valence-corrected chi connectivity index (χ2v) is 4.94. The minimum atomic E-state index is -0.229. The van der Waals surface area contributed by atoms with E-state index in [4.69, 9.17) is 11.6 Å². The number of amides is 1. The highest BCUT2D eigenvalue weighted by Crippen LogP contribution is 2.23. The number of carbonyl (C=O) groups excluding carboxylic acids is 1. The molecule has 100 valence electrons. The number of pyridine rings is 1. The van der Waals surface area contributed by atoms with Crippen LogP contribution in [0.1, 0.15) is 15.9 Å². The first-order chi connectivity index (χ1) is 9.65. The van der Waals surface area contributed by atoms with Crippen molar-refractivity contribution in [2.45, 2.75) is 6.92 Å². The molecule has 0 radical (unpaired) electrons. The maximum absolute atomic E-state index is 12.3. The van der Waals surface area contributed by atoms with Crippen molar-refractivity contribution in [1.82, 2.24) is 9.97 Å². The van der Waals surface area contributed by atoms with Gasteiger partial charge in [0, 0.05) is 17.8 Å². The lowest BCUT2D eigenvalue weighted by Crippen LogP contribution is -2.13. The minimum absolute atomic E-state index is 0.229. The van der Waals surface area contributed by atoms with E-state index in [1.54, 1.807) is 30.6 Å². The van der Waals surface area contributed by atoms with Gasteiger partial charge in [0.25, 0.3) is 5.91 Å². The van der Waals surface area contributed by atoms with Crippen molar-refractivity contribution in [3.63, 3.8) is 0 Å². The van der Waals surface area contributed by atoms with Crippen LogP contribution in [0.15, 0.2) is 42.7 Å². The quantitative estimate of drug-likeness (QED) is 0.753. The molecule has 2 aromatic heterocycles. The largest absolute Gasteiger partial charge is 0.346 e. The van der Waals surface area contributed by atoms with Crippen LogP contribution in [-0.4, -0.2) is 15.9 Å². The number of carbonyl (C=O) groups is 1. The van der Waals surface area contributed by atoms with E-state index in [0.717, 1.165) is 16.6 Å². The summed E-state index contributed by atoms with van der Waals surface area (Å²) in [5.74, 6) is -0.229. The molecule has 0 bridgehead atoms. The number of fused-ring (bicyclic) bond motifs is 1. The van der Waals surface area contributed by atoms with Crippen molar-refractivity contribution in [2.75, 3.05) is 5.32 Å². The standard InChI is InChI=1S/C15H12ClN3O/c1-9-2-3-12(16)11(8-9)15(20)19-13-5-7-18-14-10(13)4-6-17-14/h2-8H,1H3,(H2,17,18,19,20). The van der Waals surface area contributed by atoms with Crippen LogP contribution in [0.3, 0.4) is 0 Å². The van der Waals surface area contributed by atoms with Crippen molar-refractivity contribution in [2.24, 2.45) is 0 Å². The first-order valence-electron chi connectivity index (χ1n) is 6.15. The molecule has 5 heteroatoms. The summed E-state index contributed by atoms with van der Waals surface area (Å²) < 4.78 is 0. The average Bonchev–Trinajstić information content (AvgIpc) is 2.91. The van der Waals surface area contributed by atoms with Crippen molar-refractivity contribution in [3.8, 4) is 0 Å². The molecule has 0 aliphatic rings. The first-order valence-corrected chi connectivity index (χ1v) is 6.52. The number of aromatic nitrogens is 2. The summed E-state index contributed by atoms with van der Waals surface area (Å²) in [6.45, 7) is 1.92. The summed E-state index contributed by atoms with van der Waals surface area (Å²) in [5.41, 5.74) is 2.89. The molecule has 0 fully saturated rings. The summed E-state index contributed by atoms with van der Waals surface area (Å²) in [6.07, 6.45) is 3.43. The first kappa shape index (κ1) is 12.7. The molecule has 1 amide bonds. The van der Waals surface area contributed by atoms with Gasteiger partial charge in [-0.2, -0.15) is 0 Å². The Bertz CT molecular complexity index is 795. The third-order valence-corrected chi connectivity index (χ3v) is 3.40. The number of hydrogen-bond acceptors (Lipinski definition) is 2. The fraction of sp³-hybridized carbons (Fsp3) is 0.0667. The van der Waals surface area contributed by atoms with E-state index in [9.17, 15) is 4.79 Å². The summed E-state index contributed by atoms with van der Waals surface area (Å²) in [4.78, 5) is 19.5. The van der Waals surface area contributed by atoms with Gasteiger partial charge in [-0.25, -0.2) is 4.98 Å². The number of nitrogens with one attached hydrogen (secondary N) is 2. The Morgan fingerprint density at radius 2 is 2.15 bits per heavy atom. The van der Waals surface area contributed by atoms with Crippen LogP contribution in [0.2, 0.25) is 5.02 Å². The third-order valence-electron chi connectivity index (χ3n) is 3.07. The highest BCUT2D eigenvalue weighted by molar-refractivity contribution is 6.34. The lowest BCUT2D eigenvalue weighted by molar-refractivity contribution is 0.102. The van der Waals surface area contributed by atoms with Crippen LogP contribution in [0.5, 0.6) is 0 Å². The maximum atomic E-state index is 12.3. The second-order valence-electron chi connectivity index (χ2n) is 4.54. The topological polar surface area (TPSA) is 57.8 Å². The number of halogens is 1. The van der Waals surface area contributed by atoms with Gasteiger partial charge in [0.15, 0.2) is 0 Å². The van der Waals surface area contributed by atoms with E-state index >= 15 is 0 Å². The molecule has 3 aromatic rings. The molecule has 2 N–H and O–H groups in total. The van der Waals surface area contributed by atoms with Crippen molar-refractivity contribution < 1.29 is 4.79 Å². The second kappa shape index (κ2) is 4.98. The van der Waals surface area contributed by atoms with Gasteiger partial charge in [-0.3, -0.25) is 4.79 Å². The Morgan fingerprint density at radius 3 is 3.00 bits per heavy atom. The zero-order valence-electron chi connectivity index (χ0n) is 10.8. The smallest absolute Gasteiger partial charge is 0.257 e. The monoisotopic (exact) mass is 285 g/mol. The molecule has 2 heterocycles. The molecule has 0 aliphatic heterocycles. The van der Waals surface area contributed by atoms with Gasteiger partial charge >= 0.3 is 0 Å². The highest BCUT2D eigenvalue weighted by Gasteiger charge is 2.12. The molecule has 0 aliphatic carbocycles. The summed E-state index contributed by atoms with van der Waals surface area (Å²) >= 11 is 6.08. The molecular weight excluding hydrogens is 274 g/mol. The van der Waals surface area contributed by atoms with Crippen LogP contribution in [0.4, 0.5) is 5.69 Å². The van der Waals surface area contributed by atoms with Gasteiger partial charge in [-0.1, -0.05) is 23.2 Å². The Hall–Kier alpha value is -2.33. The maximum Gasteiger partial charge on any atom is 0.257 e. The molecule has 4 nitrogen and oxygen atoms in total. The Balaban J connectivity index is 1.96. The van der Waals surface area contributed by atoms with Crippen LogP contribution < -0.4 is 5.32 Å². The zero-order valence-corrected chi connectivity index (χ0v) is 11.5. The SMILES string of the molecule is Cc1ccc(Cl)c(C(=O)Nc2ccnc3[nH]ccc23)c1. The van der Waals surface area contributed by atoms with Gasteiger partial charge in [-0.15, -0.1) is 0 Å². The molecule has 0 unspecified atom stereocenters. The van der Waals surface area contributed by atoms with Gasteiger partial charge in [0.1, 0.15) is 5.65 Å². The van der Waals surface area contributed by atoms with E-state index in [1.165, 1.54) is 0 Å². The predicted molar refractivity (Wildman–Crippen MR) is 80.2 cm³/mol. The average molecular weight is 286 g/mol.